The lowest BCUT2D eigenvalue weighted by atomic mass is 9.74. The average molecular weight is 1270 g/mol. The fourth-order valence-corrected chi connectivity index (χ4v) is 70.1. The number of hydrogen-bond acceptors (Lipinski definition) is 4. The number of alkyl halides is 3. The van der Waals surface area contributed by atoms with Crippen LogP contribution in [-0.2, 0) is 18.3 Å². The molecule has 81 heavy (non-hydrogen) atoms. The molecule has 0 saturated carbocycles. The van der Waals surface area contributed by atoms with Crippen LogP contribution in [0.15, 0.2) is 36.4 Å². The normalized spacial score (nSPS) is 14.0. The summed E-state index contributed by atoms with van der Waals surface area (Å²) in [6, 6.07) is 9.52. The molecule has 1 atom stereocenters. The molecule has 0 aliphatic rings. The highest BCUT2D eigenvalue weighted by molar-refractivity contribution is 7.04. The number of phenolic OH excluding ortho intramolecular Hbond substituents is 4. The number of halogens is 11. The van der Waals surface area contributed by atoms with Crippen molar-refractivity contribution in [2.24, 2.45) is 0 Å². The maximum absolute atomic E-state index is 15.5. The summed E-state index contributed by atoms with van der Waals surface area (Å²) in [6.45, 7) is 37.9. The quantitative estimate of drug-likeness (QED) is 0.0287. The Morgan fingerprint density at radius 2 is 0.716 bits per heavy atom. The van der Waals surface area contributed by atoms with Gasteiger partial charge >= 0.3 is 6.18 Å². The zero-order chi connectivity index (χ0) is 62.4. The number of aryl methyl sites for hydroxylation is 2. The number of phenols is 4. The Bertz CT molecular complexity index is 2670. The van der Waals surface area contributed by atoms with Crippen LogP contribution >= 0.6 is 0 Å². The van der Waals surface area contributed by atoms with Gasteiger partial charge in [-0.05, 0) is 72.7 Å². The molecule has 4 nitrogen and oxygen atoms in total. The van der Waals surface area contributed by atoms with Crippen molar-refractivity contribution in [2.75, 3.05) is 0 Å². The van der Waals surface area contributed by atoms with E-state index in [9.17, 15) is 51.2 Å². The molecule has 4 rings (SSSR count). The van der Waals surface area contributed by atoms with Crippen LogP contribution in [0, 0.1) is 46.5 Å². The summed E-state index contributed by atoms with van der Waals surface area (Å²) >= 11 is 0. The van der Waals surface area contributed by atoms with Gasteiger partial charge in [0.2, 0.25) is 23.3 Å². The van der Waals surface area contributed by atoms with Crippen molar-refractivity contribution < 1.29 is 68.7 Å². The first kappa shape index (κ1) is 72.1. The summed E-state index contributed by atoms with van der Waals surface area (Å²) in [5.41, 5.74) is 4.06. The molecule has 0 aliphatic carbocycles. The number of unbranched alkanes of at least 4 members (excludes halogenated alkanes) is 2. The van der Waals surface area contributed by atoms with Crippen molar-refractivity contribution in [3.8, 4) is 23.0 Å². The summed E-state index contributed by atoms with van der Waals surface area (Å²) in [5, 5.41) is 37.4. The minimum Gasteiger partial charge on any atom is -0.508 e. The first-order valence-electron chi connectivity index (χ1n) is 28.6. The summed E-state index contributed by atoms with van der Waals surface area (Å²) in [6.07, 6.45) is -0.379. The van der Waals surface area contributed by atoms with Crippen molar-refractivity contribution in [1.29, 1.82) is 0 Å². The van der Waals surface area contributed by atoms with Crippen molar-refractivity contribution >= 4 is 66.9 Å². The highest BCUT2D eigenvalue weighted by Crippen LogP contribution is 2.48. The summed E-state index contributed by atoms with van der Waals surface area (Å²) in [7, 11) is -13.7. The summed E-state index contributed by atoms with van der Waals surface area (Å²) in [4.78, 5) is 0. The SMILES string of the molecule is CCCC[Si](CCC[Si](C)(C)C[Si](C)(C)C[Si](C)(C)C)(c1c(F)c(F)c(O)c(F)c1F)c1c(F)c(F)c(O)c(F)c1F.CCCCc1cc(C(C)(c2ccc(O)c(CCC[Si](C)(C)C[Si](C)(C)C[Si](C)(C)C)c2)C(F)(F)F)ccc1O. The van der Waals surface area contributed by atoms with Gasteiger partial charge in [-0.15, -0.1) is 0 Å². The molecule has 0 fully saturated rings. The zero-order valence-electron chi connectivity index (χ0n) is 51.2. The zero-order valence-corrected chi connectivity index (χ0v) is 58.2. The highest BCUT2D eigenvalue weighted by Gasteiger charge is 2.54. The second-order valence-corrected chi connectivity index (χ2v) is 67.1. The van der Waals surface area contributed by atoms with Gasteiger partial charge in [-0.2, -0.15) is 30.7 Å². The van der Waals surface area contributed by atoms with E-state index < -0.39 is 143 Å². The molecule has 4 N–H and O–H groups in total. The first-order chi connectivity index (χ1) is 36.7. The lowest BCUT2D eigenvalue weighted by molar-refractivity contribution is -0.173. The predicted molar refractivity (Wildman–Crippen MR) is 331 cm³/mol. The van der Waals surface area contributed by atoms with Gasteiger partial charge in [0.25, 0.3) is 0 Å². The summed E-state index contributed by atoms with van der Waals surface area (Å²) < 4.78 is 165. The van der Waals surface area contributed by atoms with E-state index in [1.165, 1.54) is 54.3 Å². The van der Waals surface area contributed by atoms with Crippen molar-refractivity contribution in [3.63, 3.8) is 0 Å². The molecule has 0 aromatic heterocycles. The number of rotatable bonds is 26. The van der Waals surface area contributed by atoms with Crippen molar-refractivity contribution in [2.45, 2.75) is 222 Å². The van der Waals surface area contributed by atoms with Crippen LogP contribution in [-0.4, -0.2) is 83.1 Å². The van der Waals surface area contributed by atoms with Crippen LogP contribution in [0.1, 0.15) is 81.5 Å². The van der Waals surface area contributed by atoms with E-state index in [1.807, 2.05) is 6.92 Å². The van der Waals surface area contributed by atoms with E-state index in [2.05, 4.69) is 91.7 Å². The third kappa shape index (κ3) is 18.7. The minimum atomic E-state index is -4.76. The smallest absolute Gasteiger partial charge is 0.402 e. The number of benzene rings is 4. The maximum Gasteiger partial charge on any atom is 0.402 e. The largest absolute Gasteiger partial charge is 0.508 e. The van der Waals surface area contributed by atoms with E-state index in [0.29, 0.717) is 36.4 Å². The second-order valence-electron chi connectivity index (χ2n) is 28.8. The second kappa shape index (κ2) is 27.5. The highest BCUT2D eigenvalue weighted by atomic mass is 28.4. The molecule has 458 valence electrons. The lowest BCUT2D eigenvalue weighted by Crippen LogP contribution is -2.63. The molecule has 0 bridgehead atoms. The molecule has 1 unspecified atom stereocenters. The van der Waals surface area contributed by atoms with Crippen LogP contribution in [0.2, 0.25) is 139 Å². The molecule has 0 saturated heterocycles. The van der Waals surface area contributed by atoms with Gasteiger partial charge in [0.1, 0.15) is 25.0 Å². The third-order valence-corrected chi connectivity index (χ3v) is 55.8. The van der Waals surface area contributed by atoms with E-state index in [1.54, 1.807) is 13.0 Å². The molecular weight excluding hydrogens is 1180 g/mol. The predicted octanol–water partition coefficient (Wildman–Crippen LogP) is 18.9. The van der Waals surface area contributed by atoms with Gasteiger partial charge < -0.3 is 20.4 Å². The molecule has 0 radical (unpaired) electrons. The molecule has 0 heterocycles. The maximum atomic E-state index is 15.5. The monoisotopic (exact) mass is 1270 g/mol. The molecule has 4 aromatic carbocycles. The third-order valence-electron chi connectivity index (χ3n) is 15.8. The van der Waals surface area contributed by atoms with Crippen LogP contribution in [0.3, 0.4) is 0 Å². The molecule has 0 spiro atoms. The van der Waals surface area contributed by atoms with Gasteiger partial charge in [-0.25, -0.2) is 17.6 Å². The molecule has 22 heteroatoms. The Hall–Kier alpha value is -3.17. The van der Waals surface area contributed by atoms with Gasteiger partial charge in [-0.1, -0.05) is 197 Å². The molecule has 4 aromatic rings. The standard InChI is InChI=1S/C31H51F3O2Si3.C28H42F8O2Si4/c1-10-11-13-24-20-26(15-17-28(24)35)30(2,31(32,33)34)27-16-18-29(36)25(21-27)14-12-19-38(6,7)23-39(8,9)22-37(3,4)5;1-9-10-13-42(27-21(33)17(29)25(37)18(30)22(27)34,28-23(35)19(31)26(38)20(32)24(28)36)14-11-12-40(5,6)16-41(7,8)15-39(2,3)4/h15-18,20-21,35-36H,10-14,19,22-23H2,1-9H3;37-38H,9-16H2,1-8H3. The van der Waals surface area contributed by atoms with Crippen molar-refractivity contribution in [3.05, 3.63) is 105 Å². The van der Waals surface area contributed by atoms with E-state index >= 15 is 17.6 Å². The van der Waals surface area contributed by atoms with Crippen LogP contribution in [0.25, 0.3) is 0 Å². The fourth-order valence-electron chi connectivity index (χ4n) is 13.8. The Labute approximate surface area is 483 Å². The minimum absolute atomic E-state index is 0.0333. The van der Waals surface area contributed by atoms with Crippen LogP contribution in [0.4, 0.5) is 48.3 Å². The molecular formula is C59H93F11O4Si7. The van der Waals surface area contributed by atoms with Gasteiger partial charge in [0.15, 0.2) is 34.8 Å². The van der Waals surface area contributed by atoms with Crippen LogP contribution < -0.4 is 10.4 Å². The average Bonchev–Trinajstić information content (AvgIpc) is 3.30. The van der Waals surface area contributed by atoms with E-state index in [-0.39, 0.29) is 41.5 Å². The van der Waals surface area contributed by atoms with Gasteiger partial charge in [0, 0.05) is 58.8 Å². The van der Waals surface area contributed by atoms with Crippen LogP contribution in [0.5, 0.6) is 23.0 Å². The van der Waals surface area contributed by atoms with Crippen molar-refractivity contribution in [1.82, 2.24) is 0 Å². The van der Waals surface area contributed by atoms with Gasteiger partial charge in [0.05, 0.1) is 0 Å². The fraction of sp³-hybridized carbons (Fsp3) is 0.593. The Morgan fingerprint density at radius 1 is 0.395 bits per heavy atom. The summed E-state index contributed by atoms with van der Waals surface area (Å²) in [5.74, 6) is -20.7. The number of aromatic hydroxyl groups is 4. The molecule has 0 amide bonds. The first-order valence-corrected chi connectivity index (χ1v) is 52.0. The number of hydrogen-bond donors (Lipinski definition) is 4. The van der Waals surface area contributed by atoms with E-state index in [0.717, 1.165) is 31.0 Å². The van der Waals surface area contributed by atoms with Gasteiger partial charge in [-0.3, -0.25) is 0 Å². The Balaban J connectivity index is 0.000000426. The Morgan fingerprint density at radius 3 is 1.04 bits per heavy atom. The lowest BCUT2D eigenvalue weighted by Gasteiger charge is -2.38. The van der Waals surface area contributed by atoms with E-state index in [4.69, 9.17) is 0 Å². The molecule has 0 aliphatic heterocycles. The Kier molecular flexibility index (Phi) is 24.4. The topological polar surface area (TPSA) is 80.9 Å².